The maximum absolute atomic E-state index is 11.7. The number of hydrogen-bond acceptors (Lipinski definition) is 3. The Morgan fingerprint density at radius 1 is 1.21 bits per heavy atom. The van der Waals surface area contributed by atoms with Crippen molar-refractivity contribution in [1.29, 1.82) is 0 Å². The number of hydrogen-bond donors (Lipinski definition) is 1. The number of amides is 1. The first-order valence-corrected chi connectivity index (χ1v) is 6.55. The minimum atomic E-state index is 0.297. The van der Waals surface area contributed by atoms with Gasteiger partial charge in [-0.2, -0.15) is 11.8 Å². The first kappa shape index (κ1) is 11.9. The average Bonchev–Trinajstić information content (AvgIpc) is 2.46. The van der Waals surface area contributed by atoms with Crippen LogP contribution in [-0.4, -0.2) is 41.9 Å². The Hall–Kier alpha value is -0.220. The van der Waals surface area contributed by atoms with Crippen molar-refractivity contribution in [2.24, 2.45) is 5.73 Å². The molecule has 1 amide bonds. The van der Waals surface area contributed by atoms with E-state index in [2.05, 4.69) is 0 Å². The average molecular weight is 216 g/mol. The van der Waals surface area contributed by atoms with Crippen molar-refractivity contribution in [2.75, 3.05) is 31.1 Å². The van der Waals surface area contributed by atoms with E-state index in [0.29, 0.717) is 18.2 Å². The monoisotopic (exact) mass is 216 g/mol. The van der Waals surface area contributed by atoms with E-state index in [4.69, 9.17) is 5.73 Å². The van der Waals surface area contributed by atoms with Crippen LogP contribution in [0.1, 0.15) is 25.7 Å². The standard InChI is InChI=1S/C10H20N2OS/c11-5-8-14-9-10(13)12-6-3-1-2-4-7-12/h1-9,11H2. The molecule has 1 aliphatic rings. The number of rotatable bonds is 4. The summed E-state index contributed by atoms with van der Waals surface area (Å²) < 4.78 is 0. The van der Waals surface area contributed by atoms with Gasteiger partial charge in [0.05, 0.1) is 5.75 Å². The highest BCUT2D eigenvalue weighted by Gasteiger charge is 2.14. The molecular weight excluding hydrogens is 196 g/mol. The molecule has 14 heavy (non-hydrogen) atoms. The van der Waals surface area contributed by atoms with Gasteiger partial charge in [0.25, 0.3) is 0 Å². The van der Waals surface area contributed by atoms with Crippen LogP contribution in [0, 0.1) is 0 Å². The third-order valence-corrected chi connectivity index (χ3v) is 3.42. The van der Waals surface area contributed by atoms with Gasteiger partial charge in [0.2, 0.25) is 5.91 Å². The highest BCUT2D eigenvalue weighted by molar-refractivity contribution is 7.99. The minimum absolute atomic E-state index is 0.297. The Kier molecular flexibility index (Phi) is 6.03. The van der Waals surface area contributed by atoms with Crippen molar-refractivity contribution in [3.05, 3.63) is 0 Å². The number of carbonyl (C=O) groups excluding carboxylic acids is 1. The quantitative estimate of drug-likeness (QED) is 0.715. The molecule has 1 heterocycles. The molecular formula is C10H20N2OS. The lowest BCUT2D eigenvalue weighted by Crippen LogP contribution is -2.33. The summed E-state index contributed by atoms with van der Waals surface area (Å²) in [5.74, 6) is 1.79. The molecule has 1 rings (SSSR count). The van der Waals surface area contributed by atoms with Gasteiger partial charge in [0, 0.05) is 25.4 Å². The van der Waals surface area contributed by atoms with Gasteiger partial charge in [0.1, 0.15) is 0 Å². The van der Waals surface area contributed by atoms with Gasteiger partial charge in [-0.15, -0.1) is 0 Å². The molecule has 2 N–H and O–H groups in total. The van der Waals surface area contributed by atoms with Gasteiger partial charge in [-0.1, -0.05) is 12.8 Å². The number of carbonyl (C=O) groups is 1. The zero-order chi connectivity index (χ0) is 10.2. The highest BCUT2D eigenvalue weighted by atomic mass is 32.2. The largest absolute Gasteiger partial charge is 0.342 e. The molecule has 1 saturated heterocycles. The van der Waals surface area contributed by atoms with Crippen molar-refractivity contribution in [1.82, 2.24) is 4.90 Å². The van der Waals surface area contributed by atoms with E-state index >= 15 is 0 Å². The van der Waals surface area contributed by atoms with E-state index in [1.165, 1.54) is 25.7 Å². The van der Waals surface area contributed by atoms with Crippen LogP contribution in [0.3, 0.4) is 0 Å². The number of thioether (sulfide) groups is 1. The summed E-state index contributed by atoms with van der Waals surface area (Å²) in [7, 11) is 0. The molecule has 0 bridgehead atoms. The molecule has 0 spiro atoms. The first-order chi connectivity index (χ1) is 6.84. The number of likely N-dealkylation sites (tertiary alicyclic amines) is 1. The van der Waals surface area contributed by atoms with Gasteiger partial charge in [0.15, 0.2) is 0 Å². The Morgan fingerprint density at radius 3 is 2.43 bits per heavy atom. The van der Waals surface area contributed by atoms with Gasteiger partial charge in [-0.3, -0.25) is 4.79 Å². The van der Waals surface area contributed by atoms with Crippen LogP contribution in [-0.2, 0) is 4.79 Å². The Morgan fingerprint density at radius 2 is 1.86 bits per heavy atom. The maximum atomic E-state index is 11.7. The van der Waals surface area contributed by atoms with Crippen LogP contribution in [0.15, 0.2) is 0 Å². The van der Waals surface area contributed by atoms with E-state index in [1.54, 1.807) is 11.8 Å². The second kappa shape index (κ2) is 7.12. The van der Waals surface area contributed by atoms with Crippen molar-refractivity contribution in [3.8, 4) is 0 Å². The van der Waals surface area contributed by atoms with Crippen LogP contribution in [0.4, 0.5) is 0 Å². The van der Waals surface area contributed by atoms with E-state index in [9.17, 15) is 4.79 Å². The lowest BCUT2D eigenvalue weighted by molar-refractivity contribution is -0.128. The molecule has 0 radical (unpaired) electrons. The highest BCUT2D eigenvalue weighted by Crippen LogP contribution is 2.11. The molecule has 1 aliphatic heterocycles. The molecule has 3 nitrogen and oxygen atoms in total. The molecule has 0 aromatic carbocycles. The fraction of sp³-hybridized carbons (Fsp3) is 0.900. The van der Waals surface area contributed by atoms with Crippen LogP contribution in [0.2, 0.25) is 0 Å². The summed E-state index contributed by atoms with van der Waals surface area (Å²) in [6, 6.07) is 0. The molecule has 4 heteroatoms. The van der Waals surface area contributed by atoms with E-state index in [0.717, 1.165) is 18.8 Å². The summed E-state index contributed by atoms with van der Waals surface area (Å²) in [4.78, 5) is 13.7. The zero-order valence-corrected chi connectivity index (χ0v) is 9.52. The predicted octanol–water partition coefficient (Wildman–Crippen LogP) is 1.08. The van der Waals surface area contributed by atoms with Crippen LogP contribution in [0.5, 0.6) is 0 Å². The summed E-state index contributed by atoms with van der Waals surface area (Å²) in [6.07, 6.45) is 4.90. The molecule has 1 fully saturated rings. The lowest BCUT2D eigenvalue weighted by atomic mass is 10.2. The molecule has 0 unspecified atom stereocenters. The van der Waals surface area contributed by atoms with Crippen molar-refractivity contribution < 1.29 is 4.79 Å². The molecule has 0 aromatic rings. The SMILES string of the molecule is NCCSCC(=O)N1CCCCCC1. The van der Waals surface area contributed by atoms with Crippen molar-refractivity contribution >= 4 is 17.7 Å². The van der Waals surface area contributed by atoms with Gasteiger partial charge in [-0.25, -0.2) is 0 Å². The molecule has 82 valence electrons. The third-order valence-electron chi connectivity index (χ3n) is 2.45. The van der Waals surface area contributed by atoms with Gasteiger partial charge in [-0.05, 0) is 12.8 Å². The second-order valence-electron chi connectivity index (χ2n) is 3.64. The maximum Gasteiger partial charge on any atom is 0.232 e. The predicted molar refractivity (Wildman–Crippen MR) is 61.4 cm³/mol. The number of nitrogens with two attached hydrogens (primary N) is 1. The number of nitrogens with zero attached hydrogens (tertiary/aromatic N) is 1. The Labute approximate surface area is 90.4 Å². The van der Waals surface area contributed by atoms with Crippen molar-refractivity contribution in [2.45, 2.75) is 25.7 Å². The smallest absolute Gasteiger partial charge is 0.232 e. The lowest BCUT2D eigenvalue weighted by Gasteiger charge is -2.19. The van der Waals surface area contributed by atoms with Gasteiger partial charge >= 0.3 is 0 Å². The zero-order valence-electron chi connectivity index (χ0n) is 8.71. The van der Waals surface area contributed by atoms with Gasteiger partial charge < -0.3 is 10.6 Å². The Balaban J connectivity index is 2.20. The topological polar surface area (TPSA) is 46.3 Å². The second-order valence-corrected chi connectivity index (χ2v) is 4.74. The fourth-order valence-corrected chi connectivity index (χ4v) is 2.32. The fourth-order valence-electron chi connectivity index (χ4n) is 1.65. The summed E-state index contributed by atoms with van der Waals surface area (Å²) in [5.41, 5.74) is 5.37. The molecule has 0 aliphatic carbocycles. The normalized spacial score (nSPS) is 17.9. The summed E-state index contributed by atoms with van der Waals surface area (Å²) >= 11 is 1.65. The van der Waals surface area contributed by atoms with Crippen LogP contribution >= 0.6 is 11.8 Å². The summed E-state index contributed by atoms with van der Waals surface area (Å²) in [5, 5.41) is 0. The molecule has 0 aromatic heterocycles. The minimum Gasteiger partial charge on any atom is -0.342 e. The van der Waals surface area contributed by atoms with E-state index in [1.807, 2.05) is 4.90 Å². The van der Waals surface area contributed by atoms with E-state index < -0.39 is 0 Å². The first-order valence-electron chi connectivity index (χ1n) is 5.40. The summed E-state index contributed by atoms with van der Waals surface area (Å²) in [6.45, 7) is 2.59. The molecule has 0 saturated carbocycles. The third kappa shape index (κ3) is 4.33. The molecule has 0 atom stereocenters. The van der Waals surface area contributed by atoms with Crippen molar-refractivity contribution in [3.63, 3.8) is 0 Å². The van der Waals surface area contributed by atoms with E-state index in [-0.39, 0.29) is 0 Å². The van der Waals surface area contributed by atoms with Crippen LogP contribution in [0.25, 0.3) is 0 Å². The Bertz CT molecular complexity index is 168. The van der Waals surface area contributed by atoms with Crippen LogP contribution < -0.4 is 5.73 Å².